The van der Waals surface area contributed by atoms with Crippen LogP contribution in [0.15, 0.2) is 42.6 Å². The van der Waals surface area contributed by atoms with E-state index in [2.05, 4.69) is 10.3 Å². The molecule has 0 aliphatic heterocycles. The molecule has 1 atom stereocenters. The molecule has 0 aliphatic carbocycles. The van der Waals surface area contributed by atoms with Crippen LogP contribution in [0.25, 0.3) is 0 Å². The third-order valence-electron chi connectivity index (χ3n) is 2.83. The van der Waals surface area contributed by atoms with Crippen molar-refractivity contribution in [2.75, 3.05) is 5.32 Å². The fourth-order valence-corrected chi connectivity index (χ4v) is 1.72. The van der Waals surface area contributed by atoms with E-state index in [4.69, 9.17) is 5.73 Å². The lowest BCUT2D eigenvalue weighted by Crippen LogP contribution is -2.09. The summed E-state index contributed by atoms with van der Waals surface area (Å²) in [5.74, 6) is -0.0733. The molecule has 18 heavy (non-hydrogen) atoms. The van der Waals surface area contributed by atoms with Gasteiger partial charge in [0, 0.05) is 12.7 Å². The molecule has 0 amide bonds. The molecule has 4 heteroatoms. The summed E-state index contributed by atoms with van der Waals surface area (Å²) in [6, 6.07) is 10.9. The largest absolute Gasteiger partial charge is 0.361 e. The van der Waals surface area contributed by atoms with Crippen molar-refractivity contribution in [3.05, 3.63) is 59.5 Å². The molecule has 3 N–H and O–H groups in total. The topological polar surface area (TPSA) is 50.9 Å². The lowest BCUT2D eigenvalue weighted by molar-refractivity contribution is 0.621. The third kappa shape index (κ3) is 2.84. The van der Waals surface area contributed by atoms with Crippen molar-refractivity contribution in [3.63, 3.8) is 0 Å². The van der Waals surface area contributed by atoms with Crippen LogP contribution in [0.1, 0.15) is 24.1 Å². The van der Waals surface area contributed by atoms with Crippen LogP contribution in [-0.2, 0) is 6.54 Å². The molecule has 0 fully saturated rings. The molecule has 1 heterocycles. The molecule has 0 radical (unpaired) electrons. The van der Waals surface area contributed by atoms with Gasteiger partial charge in [-0.05, 0) is 30.2 Å². The first-order chi connectivity index (χ1) is 8.70. The number of aromatic nitrogens is 1. The van der Waals surface area contributed by atoms with Gasteiger partial charge in [-0.1, -0.05) is 24.3 Å². The highest BCUT2D eigenvalue weighted by molar-refractivity contribution is 5.39. The minimum atomic E-state index is -0.345. The standard InChI is InChI=1S/C14H16FN3/c1-10(12-6-4-11(9-16)5-7-12)18-14-13(15)3-2-8-17-14/h2-8,10H,9,16H2,1H3,(H,17,18). The molecule has 1 aromatic heterocycles. The van der Waals surface area contributed by atoms with Crippen LogP contribution in [0, 0.1) is 5.82 Å². The van der Waals surface area contributed by atoms with Crippen molar-refractivity contribution >= 4 is 5.82 Å². The molecule has 1 aromatic carbocycles. The highest BCUT2D eigenvalue weighted by Crippen LogP contribution is 2.19. The maximum Gasteiger partial charge on any atom is 0.165 e. The Bertz CT molecular complexity index is 511. The lowest BCUT2D eigenvalue weighted by atomic mass is 10.1. The number of benzene rings is 1. The van der Waals surface area contributed by atoms with Crippen molar-refractivity contribution in [1.82, 2.24) is 4.98 Å². The normalized spacial score (nSPS) is 12.2. The summed E-state index contributed by atoms with van der Waals surface area (Å²) in [5, 5.41) is 3.05. The average molecular weight is 245 g/mol. The summed E-state index contributed by atoms with van der Waals surface area (Å²) in [6.07, 6.45) is 1.57. The smallest absolute Gasteiger partial charge is 0.165 e. The Kier molecular flexibility index (Phi) is 3.89. The fourth-order valence-electron chi connectivity index (χ4n) is 1.72. The zero-order chi connectivity index (χ0) is 13.0. The van der Waals surface area contributed by atoms with Gasteiger partial charge in [0.1, 0.15) is 0 Å². The first kappa shape index (κ1) is 12.5. The van der Waals surface area contributed by atoms with Gasteiger partial charge in [-0.3, -0.25) is 0 Å². The fraction of sp³-hybridized carbons (Fsp3) is 0.214. The Morgan fingerprint density at radius 1 is 1.28 bits per heavy atom. The molecule has 94 valence electrons. The maximum atomic E-state index is 13.4. The predicted molar refractivity (Wildman–Crippen MR) is 70.6 cm³/mol. The molecule has 0 saturated heterocycles. The van der Waals surface area contributed by atoms with Gasteiger partial charge in [-0.2, -0.15) is 0 Å². The van der Waals surface area contributed by atoms with Gasteiger partial charge in [0.15, 0.2) is 11.6 Å². The lowest BCUT2D eigenvalue weighted by Gasteiger charge is -2.15. The summed E-state index contributed by atoms with van der Waals surface area (Å²) in [4.78, 5) is 3.97. The molecule has 1 unspecified atom stereocenters. The van der Waals surface area contributed by atoms with Crippen LogP contribution in [0.3, 0.4) is 0 Å². The van der Waals surface area contributed by atoms with Crippen molar-refractivity contribution in [2.24, 2.45) is 5.73 Å². The van der Waals surface area contributed by atoms with Crippen molar-refractivity contribution in [2.45, 2.75) is 19.5 Å². The van der Waals surface area contributed by atoms with E-state index in [9.17, 15) is 4.39 Å². The SMILES string of the molecule is CC(Nc1ncccc1F)c1ccc(CN)cc1. The van der Waals surface area contributed by atoms with Crippen LogP contribution in [0.2, 0.25) is 0 Å². The van der Waals surface area contributed by atoms with E-state index in [1.165, 1.54) is 6.07 Å². The van der Waals surface area contributed by atoms with E-state index >= 15 is 0 Å². The van der Waals surface area contributed by atoms with Crippen LogP contribution in [0.4, 0.5) is 10.2 Å². The van der Waals surface area contributed by atoms with Crippen LogP contribution >= 0.6 is 0 Å². The molecule has 0 spiro atoms. The van der Waals surface area contributed by atoms with Gasteiger partial charge in [0.25, 0.3) is 0 Å². The van der Waals surface area contributed by atoms with Gasteiger partial charge >= 0.3 is 0 Å². The highest BCUT2D eigenvalue weighted by atomic mass is 19.1. The van der Waals surface area contributed by atoms with Crippen LogP contribution in [0.5, 0.6) is 0 Å². The minimum absolute atomic E-state index is 0.0128. The van der Waals surface area contributed by atoms with E-state index in [0.29, 0.717) is 6.54 Å². The quantitative estimate of drug-likeness (QED) is 0.870. The number of rotatable bonds is 4. The summed E-state index contributed by atoms with van der Waals surface area (Å²) < 4.78 is 13.4. The number of nitrogens with one attached hydrogen (secondary N) is 1. The van der Waals surface area contributed by atoms with Crippen LogP contribution < -0.4 is 11.1 Å². The number of halogens is 1. The molecular weight excluding hydrogens is 229 g/mol. The Morgan fingerprint density at radius 2 is 2.00 bits per heavy atom. The molecule has 2 aromatic rings. The minimum Gasteiger partial charge on any atom is -0.361 e. The van der Waals surface area contributed by atoms with Crippen molar-refractivity contribution in [3.8, 4) is 0 Å². The number of hydrogen-bond donors (Lipinski definition) is 2. The van der Waals surface area contributed by atoms with Gasteiger partial charge in [-0.15, -0.1) is 0 Å². The summed E-state index contributed by atoms with van der Waals surface area (Å²) in [5.41, 5.74) is 7.69. The number of nitrogens with two attached hydrogens (primary N) is 1. The summed E-state index contributed by atoms with van der Waals surface area (Å²) >= 11 is 0. The second-order valence-electron chi connectivity index (χ2n) is 4.15. The second-order valence-corrected chi connectivity index (χ2v) is 4.15. The van der Waals surface area contributed by atoms with Gasteiger partial charge < -0.3 is 11.1 Å². The van der Waals surface area contributed by atoms with Gasteiger partial charge in [-0.25, -0.2) is 9.37 Å². The monoisotopic (exact) mass is 245 g/mol. The Hall–Kier alpha value is -1.94. The molecule has 0 aliphatic rings. The zero-order valence-electron chi connectivity index (χ0n) is 10.2. The molecule has 0 bridgehead atoms. The van der Waals surface area contributed by atoms with E-state index in [0.717, 1.165) is 11.1 Å². The van der Waals surface area contributed by atoms with Gasteiger partial charge in [0.05, 0.1) is 6.04 Å². The first-order valence-corrected chi connectivity index (χ1v) is 5.86. The predicted octanol–water partition coefficient (Wildman–Crippen LogP) is 2.85. The Labute approximate surface area is 106 Å². The highest BCUT2D eigenvalue weighted by Gasteiger charge is 2.08. The third-order valence-corrected chi connectivity index (χ3v) is 2.83. The Balaban J connectivity index is 2.11. The Morgan fingerprint density at radius 3 is 2.61 bits per heavy atom. The summed E-state index contributed by atoms with van der Waals surface area (Å²) in [6.45, 7) is 2.49. The van der Waals surface area contributed by atoms with E-state index in [1.54, 1.807) is 12.3 Å². The van der Waals surface area contributed by atoms with E-state index in [-0.39, 0.29) is 17.7 Å². The summed E-state index contributed by atoms with van der Waals surface area (Å²) in [7, 11) is 0. The van der Waals surface area contributed by atoms with E-state index in [1.807, 2.05) is 31.2 Å². The molecule has 3 nitrogen and oxygen atoms in total. The van der Waals surface area contributed by atoms with Crippen molar-refractivity contribution < 1.29 is 4.39 Å². The van der Waals surface area contributed by atoms with Gasteiger partial charge in [0.2, 0.25) is 0 Å². The number of anilines is 1. The first-order valence-electron chi connectivity index (χ1n) is 5.86. The molecular formula is C14H16FN3. The number of pyridine rings is 1. The molecule has 2 rings (SSSR count). The maximum absolute atomic E-state index is 13.4. The van der Waals surface area contributed by atoms with Crippen LogP contribution in [-0.4, -0.2) is 4.98 Å². The average Bonchev–Trinajstić information content (AvgIpc) is 2.41. The zero-order valence-corrected chi connectivity index (χ0v) is 10.2. The van der Waals surface area contributed by atoms with E-state index < -0.39 is 0 Å². The second kappa shape index (κ2) is 5.60. The van der Waals surface area contributed by atoms with Crippen molar-refractivity contribution in [1.29, 1.82) is 0 Å². The molecule has 0 saturated carbocycles. The number of nitrogens with zero attached hydrogens (tertiary/aromatic N) is 1. The number of hydrogen-bond acceptors (Lipinski definition) is 3.